The number of hydrogen-bond acceptors (Lipinski definition) is 3. The summed E-state index contributed by atoms with van der Waals surface area (Å²) in [6.45, 7) is 2.73. The van der Waals surface area contributed by atoms with Crippen molar-refractivity contribution in [2.24, 2.45) is 0 Å². The summed E-state index contributed by atoms with van der Waals surface area (Å²) >= 11 is 13.4. The number of nitriles is 1. The van der Waals surface area contributed by atoms with Gasteiger partial charge in [-0.15, -0.1) is 0 Å². The Labute approximate surface area is 198 Å². The minimum absolute atomic E-state index is 0.366. The molecule has 0 fully saturated rings. The third-order valence-corrected chi connectivity index (χ3v) is 5.55. The molecule has 0 N–H and O–H groups in total. The van der Waals surface area contributed by atoms with Crippen LogP contribution in [0, 0.1) is 11.3 Å². The van der Waals surface area contributed by atoms with Crippen molar-refractivity contribution in [2.45, 2.75) is 13.5 Å². The standard InChI is InChI=1S/C24H18Br2ClNO2/c1-2-29-23-13-17(11-19(14-28)18-5-9-21(26)10-6-18)12-22(27)24(23)30-15-16-3-7-20(25)8-4-16/h3-13H,2,15H2,1H3/b19-11+. The fraction of sp³-hybridized carbons (Fsp3) is 0.125. The molecular formula is C24H18Br2ClNO2. The Hall–Kier alpha value is -2.26. The minimum atomic E-state index is 0.366. The molecule has 0 aliphatic heterocycles. The lowest BCUT2D eigenvalue weighted by Crippen LogP contribution is -2.01. The van der Waals surface area contributed by atoms with Crippen LogP contribution in [0.3, 0.4) is 0 Å². The molecule has 3 aromatic rings. The van der Waals surface area contributed by atoms with Crippen molar-refractivity contribution in [1.29, 1.82) is 5.26 Å². The highest BCUT2D eigenvalue weighted by Crippen LogP contribution is 2.38. The monoisotopic (exact) mass is 545 g/mol. The Bertz CT molecular complexity index is 1090. The average Bonchev–Trinajstić information content (AvgIpc) is 2.73. The Balaban J connectivity index is 1.90. The van der Waals surface area contributed by atoms with E-state index in [0.29, 0.717) is 35.3 Å². The molecule has 3 nitrogen and oxygen atoms in total. The van der Waals surface area contributed by atoms with Crippen LogP contribution in [-0.4, -0.2) is 6.61 Å². The first-order valence-corrected chi connectivity index (χ1v) is 11.2. The topological polar surface area (TPSA) is 42.2 Å². The Kier molecular flexibility index (Phi) is 7.98. The first-order chi connectivity index (χ1) is 14.5. The highest BCUT2D eigenvalue weighted by Gasteiger charge is 2.13. The average molecular weight is 548 g/mol. The zero-order valence-corrected chi connectivity index (χ0v) is 20.1. The van der Waals surface area contributed by atoms with E-state index in [1.165, 1.54) is 0 Å². The molecule has 152 valence electrons. The largest absolute Gasteiger partial charge is 0.490 e. The quantitative estimate of drug-likeness (QED) is 0.223. The summed E-state index contributed by atoms with van der Waals surface area (Å²) in [7, 11) is 0. The van der Waals surface area contributed by atoms with Gasteiger partial charge in [0.15, 0.2) is 11.5 Å². The van der Waals surface area contributed by atoms with Crippen molar-refractivity contribution in [1.82, 2.24) is 0 Å². The summed E-state index contributed by atoms with van der Waals surface area (Å²) in [5, 5.41) is 10.0. The number of rotatable bonds is 7. The van der Waals surface area contributed by atoms with Gasteiger partial charge in [-0.2, -0.15) is 5.26 Å². The summed E-state index contributed by atoms with van der Waals surface area (Å²) in [5.41, 5.74) is 3.14. The van der Waals surface area contributed by atoms with E-state index in [2.05, 4.69) is 37.9 Å². The number of allylic oxidation sites excluding steroid dienone is 1. The molecule has 0 amide bonds. The lowest BCUT2D eigenvalue weighted by molar-refractivity contribution is 0.269. The second-order valence-corrected chi connectivity index (χ2v) is 8.59. The van der Waals surface area contributed by atoms with Crippen molar-refractivity contribution < 1.29 is 9.47 Å². The van der Waals surface area contributed by atoms with Gasteiger partial charge in [-0.3, -0.25) is 0 Å². The lowest BCUT2D eigenvalue weighted by Gasteiger charge is -2.15. The molecule has 0 aromatic heterocycles. The molecule has 0 spiro atoms. The van der Waals surface area contributed by atoms with Gasteiger partial charge in [0, 0.05) is 8.95 Å². The van der Waals surface area contributed by atoms with Gasteiger partial charge in [-0.05, 0) is 66.1 Å². The summed E-state index contributed by atoms with van der Waals surface area (Å²) < 4.78 is 13.7. The predicted octanol–water partition coefficient (Wildman–Crippen LogP) is 7.91. The molecule has 0 heterocycles. The van der Waals surface area contributed by atoms with Crippen LogP contribution in [-0.2, 0) is 6.61 Å². The van der Waals surface area contributed by atoms with Crippen molar-refractivity contribution in [3.05, 3.63) is 91.3 Å². The summed E-state index contributed by atoms with van der Waals surface area (Å²) in [4.78, 5) is 0. The highest BCUT2D eigenvalue weighted by molar-refractivity contribution is 9.10. The van der Waals surface area contributed by atoms with Gasteiger partial charge < -0.3 is 9.47 Å². The summed E-state index contributed by atoms with van der Waals surface area (Å²) in [6.07, 6.45) is 1.79. The smallest absolute Gasteiger partial charge is 0.180 e. The van der Waals surface area contributed by atoms with E-state index in [1.807, 2.05) is 61.5 Å². The Morgan fingerprint density at radius 2 is 1.63 bits per heavy atom. The molecule has 0 aliphatic rings. The van der Waals surface area contributed by atoms with Crippen LogP contribution in [0.25, 0.3) is 11.6 Å². The lowest BCUT2D eigenvalue weighted by atomic mass is 10.0. The highest BCUT2D eigenvalue weighted by atomic mass is 79.9. The van der Waals surface area contributed by atoms with Crippen LogP contribution in [0.2, 0.25) is 5.02 Å². The van der Waals surface area contributed by atoms with E-state index >= 15 is 0 Å². The number of hydrogen-bond donors (Lipinski definition) is 0. The first-order valence-electron chi connectivity index (χ1n) is 9.21. The molecular weight excluding hydrogens is 530 g/mol. The zero-order chi connectivity index (χ0) is 21.5. The fourth-order valence-corrected chi connectivity index (χ4v) is 3.59. The van der Waals surface area contributed by atoms with Crippen molar-refractivity contribution in [2.75, 3.05) is 6.61 Å². The van der Waals surface area contributed by atoms with Crippen molar-refractivity contribution in [3.63, 3.8) is 0 Å². The maximum absolute atomic E-state index is 9.61. The van der Waals surface area contributed by atoms with E-state index in [0.717, 1.165) is 25.6 Å². The predicted molar refractivity (Wildman–Crippen MR) is 129 cm³/mol. The molecule has 30 heavy (non-hydrogen) atoms. The molecule has 0 atom stereocenters. The molecule has 0 unspecified atom stereocenters. The van der Waals surface area contributed by atoms with Crippen LogP contribution >= 0.6 is 43.5 Å². The maximum Gasteiger partial charge on any atom is 0.180 e. The van der Waals surface area contributed by atoms with E-state index in [1.54, 1.807) is 12.1 Å². The summed E-state index contributed by atoms with van der Waals surface area (Å²) in [6, 6.07) is 21.3. The normalized spacial score (nSPS) is 11.1. The van der Waals surface area contributed by atoms with E-state index in [4.69, 9.17) is 21.1 Å². The van der Waals surface area contributed by atoms with Gasteiger partial charge in [0.25, 0.3) is 0 Å². The van der Waals surface area contributed by atoms with Crippen LogP contribution in [0.1, 0.15) is 23.6 Å². The molecule has 0 aliphatic carbocycles. The molecule has 3 rings (SSSR count). The number of halogens is 3. The van der Waals surface area contributed by atoms with Crippen LogP contribution in [0.4, 0.5) is 0 Å². The van der Waals surface area contributed by atoms with Gasteiger partial charge in [0.2, 0.25) is 0 Å². The van der Waals surface area contributed by atoms with Gasteiger partial charge in [0.1, 0.15) is 6.61 Å². The van der Waals surface area contributed by atoms with Gasteiger partial charge >= 0.3 is 0 Å². The zero-order valence-electron chi connectivity index (χ0n) is 16.2. The molecule has 3 aromatic carbocycles. The van der Waals surface area contributed by atoms with Crippen molar-refractivity contribution >= 4 is 55.1 Å². The van der Waals surface area contributed by atoms with Crippen molar-refractivity contribution in [3.8, 4) is 17.6 Å². The SMILES string of the molecule is CCOc1cc(/C=C(\C#N)c2ccc(Br)cc2)cc(Cl)c1OCc1ccc(Br)cc1. The first kappa shape index (κ1) is 22.4. The molecule has 0 saturated heterocycles. The number of benzene rings is 3. The number of ether oxygens (including phenoxy) is 2. The maximum atomic E-state index is 9.61. The fourth-order valence-electron chi connectivity index (χ4n) is 2.79. The van der Waals surface area contributed by atoms with E-state index in [9.17, 15) is 5.26 Å². The van der Waals surface area contributed by atoms with Crippen LogP contribution in [0.5, 0.6) is 11.5 Å². The molecule has 0 saturated carbocycles. The van der Waals surface area contributed by atoms with E-state index in [-0.39, 0.29) is 0 Å². The summed E-state index contributed by atoms with van der Waals surface area (Å²) in [5.74, 6) is 1.03. The Morgan fingerprint density at radius 1 is 1.00 bits per heavy atom. The van der Waals surface area contributed by atoms with Gasteiger partial charge in [0.05, 0.1) is 23.3 Å². The number of nitrogens with zero attached hydrogens (tertiary/aromatic N) is 1. The molecule has 0 radical (unpaired) electrons. The molecule has 6 heteroatoms. The second kappa shape index (κ2) is 10.7. The third-order valence-electron chi connectivity index (χ3n) is 4.21. The van der Waals surface area contributed by atoms with Crippen LogP contribution in [0.15, 0.2) is 69.6 Å². The Morgan fingerprint density at radius 3 is 2.23 bits per heavy atom. The van der Waals surface area contributed by atoms with Crippen LogP contribution < -0.4 is 9.47 Å². The van der Waals surface area contributed by atoms with Gasteiger partial charge in [-0.1, -0.05) is 67.7 Å². The molecule has 0 bridgehead atoms. The van der Waals surface area contributed by atoms with Gasteiger partial charge in [-0.25, -0.2) is 0 Å². The van der Waals surface area contributed by atoms with E-state index < -0.39 is 0 Å². The minimum Gasteiger partial charge on any atom is -0.490 e. The second-order valence-electron chi connectivity index (χ2n) is 6.35. The third kappa shape index (κ3) is 5.89.